The predicted octanol–water partition coefficient (Wildman–Crippen LogP) is 6.49. The number of amides is 1. The zero-order valence-corrected chi connectivity index (χ0v) is 30.1. The molecule has 1 unspecified atom stereocenters. The smallest absolute Gasteiger partial charge is 0.490 e. The highest BCUT2D eigenvalue weighted by Gasteiger charge is 2.38. The summed E-state index contributed by atoms with van der Waals surface area (Å²) in [5.41, 5.74) is 11.6. The first kappa shape index (κ1) is 42.0. The van der Waals surface area contributed by atoms with E-state index in [1.807, 2.05) is 6.07 Å². The second-order valence-corrected chi connectivity index (χ2v) is 12.5. The number of hydrogen-bond acceptors (Lipinski definition) is 7. The van der Waals surface area contributed by atoms with Crippen molar-refractivity contribution in [2.75, 3.05) is 46.5 Å². The molecule has 1 fully saturated rings. The Balaban J connectivity index is 0.000000944. The second kappa shape index (κ2) is 22.5. The molecule has 4 rings (SSSR count). The number of alkyl halides is 3. The normalized spacial score (nSPS) is 14.0. The molecule has 13 heteroatoms. The Hall–Kier alpha value is -4.46. The van der Waals surface area contributed by atoms with E-state index in [2.05, 4.69) is 94.2 Å². The highest BCUT2D eigenvalue weighted by molar-refractivity contribution is 5.96. The number of carboxylic acid groups (broad SMARTS) is 1. The van der Waals surface area contributed by atoms with Gasteiger partial charge in [0, 0.05) is 57.8 Å². The van der Waals surface area contributed by atoms with Crippen molar-refractivity contribution in [1.29, 1.82) is 0 Å². The van der Waals surface area contributed by atoms with Crippen LogP contribution in [0.5, 0.6) is 5.75 Å². The molecule has 0 aliphatic carbocycles. The van der Waals surface area contributed by atoms with Crippen LogP contribution < -0.4 is 21.1 Å². The third-order valence-electron chi connectivity index (χ3n) is 8.40. The maximum atomic E-state index is 12.4. The zero-order valence-electron chi connectivity index (χ0n) is 30.1. The van der Waals surface area contributed by atoms with Crippen molar-refractivity contribution in [3.05, 3.63) is 89.5 Å². The van der Waals surface area contributed by atoms with E-state index in [4.69, 9.17) is 25.1 Å². The quantitative estimate of drug-likeness (QED) is 0.0663. The number of benzene rings is 3. The Morgan fingerprint density at radius 2 is 1.65 bits per heavy atom. The highest BCUT2D eigenvalue weighted by atomic mass is 19.4. The Kier molecular flexibility index (Phi) is 18.1. The van der Waals surface area contributed by atoms with E-state index in [0.717, 1.165) is 54.8 Å². The standard InChI is InChI=1S/C37H51N5O3.C2HF3O2/c1-3-4-21-39-37(38)41-36(43)20-16-29-15-19-33(35(26-29)45-25-10-24-44-2)31-17-13-30(14-18-31)27-40-34(28-42-22-8-9-23-42)32-11-6-5-7-12-32;3-2(4,5)1(6)7/h5-7,11-15,17-19,26,34,40H,3-4,8-10,16,20-25,27-28H2,1-2H3,(H3,38,39,41,43);(H,6,7). The van der Waals surface area contributed by atoms with Gasteiger partial charge in [-0.05, 0) is 67.1 Å². The number of rotatable bonds is 18. The second-order valence-electron chi connectivity index (χ2n) is 12.5. The van der Waals surface area contributed by atoms with Gasteiger partial charge in [-0.25, -0.2) is 4.79 Å². The number of unbranched alkanes of at least 4 members (excludes halogenated alkanes) is 1. The molecule has 0 bridgehead atoms. The summed E-state index contributed by atoms with van der Waals surface area (Å²) in [5, 5.41) is 13.6. The van der Waals surface area contributed by atoms with Crippen molar-refractivity contribution in [3.8, 4) is 16.9 Å². The van der Waals surface area contributed by atoms with E-state index in [0.29, 0.717) is 32.6 Å². The van der Waals surface area contributed by atoms with Crippen molar-refractivity contribution < 1.29 is 37.3 Å². The van der Waals surface area contributed by atoms with E-state index in [1.54, 1.807) is 7.11 Å². The fraction of sp³-hybridized carbons (Fsp3) is 0.462. The topological polar surface area (TPSA) is 139 Å². The van der Waals surface area contributed by atoms with Crippen LogP contribution in [0.15, 0.2) is 77.8 Å². The van der Waals surface area contributed by atoms with E-state index in [1.165, 1.54) is 37.1 Å². The molecule has 3 aromatic rings. The van der Waals surface area contributed by atoms with Crippen LogP contribution in [0, 0.1) is 0 Å². The molecule has 1 saturated heterocycles. The first-order chi connectivity index (χ1) is 25.0. The summed E-state index contributed by atoms with van der Waals surface area (Å²) >= 11 is 0. The van der Waals surface area contributed by atoms with Gasteiger partial charge in [-0.15, -0.1) is 0 Å². The SMILES string of the molecule is CCCCN=C(N)NC(=O)CCc1ccc(-c2ccc(CNC(CN3CCCC3)c3ccccc3)cc2)c(OCCCOC)c1.O=C(O)C(F)(F)F. The number of carboxylic acids is 1. The van der Waals surface area contributed by atoms with Crippen LogP contribution in [0.4, 0.5) is 13.2 Å². The molecule has 0 radical (unpaired) electrons. The number of nitrogens with two attached hydrogens (primary N) is 1. The summed E-state index contributed by atoms with van der Waals surface area (Å²) < 4.78 is 43.2. The van der Waals surface area contributed by atoms with E-state index < -0.39 is 12.1 Å². The number of nitrogens with zero attached hydrogens (tertiary/aromatic N) is 2. The molecule has 3 aromatic carbocycles. The van der Waals surface area contributed by atoms with Crippen LogP contribution in [0.25, 0.3) is 11.1 Å². The Morgan fingerprint density at radius 3 is 2.29 bits per heavy atom. The van der Waals surface area contributed by atoms with Crippen molar-refractivity contribution in [3.63, 3.8) is 0 Å². The number of likely N-dealkylation sites (tertiary alicyclic amines) is 1. The number of halogens is 3. The molecule has 1 amide bonds. The van der Waals surface area contributed by atoms with Crippen LogP contribution in [0.2, 0.25) is 0 Å². The monoisotopic (exact) mass is 727 g/mol. The maximum Gasteiger partial charge on any atom is 0.490 e. The Morgan fingerprint density at radius 1 is 0.981 bits per heavy atom. The number of aliphatic imine (C=N–C) groups is 1. The lowest BCUT2D eigenvalue weighted by atomic mass is 9.99. The molecule has 1 aliphatic heterocycles. The van der Waals surface area contributed by atoms with Crippen LogP contribution in [0.1, 0.15) is 68.2 Å². The van der Waals surface area contributed by atoms with Crippen LogP contribution in [0.3, 0.4) is 0 Å². The van der Waals surface area contributed by atoms with Gasteiger partial charge in [0.05, 0.1) is 6.61 Å². The zero-order chi connectivity index (χ0) is 37.8. The largest absolute Gasteiger partial charge is 0.493 e. The number of nitrogens with one attached hydrogen (secondary N) is 2. The van der Waals surface area contributed by atoms with Gasteiger partial charge in [0.1, 0.15) is 5.75 Å². The number of carbonyl (C=O) groups excluding carboxylic acids is 1. The van der Waals surface area contributed by atoms with Gasteiger partial charge in [-0.3, -0.25) is 15.1 Å². The molecule has 1 aliphatic rings. The summed E-state index contributed by atoms with van der Waals surface area (Å²) in [6.45, 7) is 8.10. The van der Waals surface area contributed by atoms with Crippen molar-refractivity contribution in [2.45, 2.75) is 70.6 Å². The lowest BCUT2D eigenvalue weighted by Gasteiger charge is -2.25. The molecular weight excluding hydrogens is 675 g/mol. The molecule has 5 N–H and O–H groups in total. The van der Waals surface area contributed by atoms with Gasteiger partial charge >= 0.3 is 12.1 Å². The minimum absolute atomic E-state index is 0.140. The molecule has 10 nitrogen and oxygen atoms in total. The first-order valence-corrected chi connectivity index (χ1v) is 17.7. The average molecular weight is 728 g/mol. The van der Waals surface area contributed by atoms with Gasteiger partial charge in [0.15, 0.2) is 5.96 Å². The number of methoxy groups -OCH3 is 1. The number of aryl methyl sites for hydroxylation is 1. The van der Waals surface area contributed by atoms with Gasteiger partial charge in [-0.1, -0.05) is 80.1 Å². The van der Waals surface area contributed by atoms with E-state index >= 15 is 0 Å². The molecule has 1 heterocycles. The average Bonchev–Trinajstić information content (AvgIpc) is 3.65. The number of carbonyl (C=O) groups is 2. The molecule has 0 aromatic heterocycles. The Labute approximate surface area is 304 Å². The minimum atomic E-state index is -5.08. The molecular formula is C39H52F3N5O5. The van der Waals surface area contributed by atoms with Crippen molar-refractivity contribution >= 4 is 17.8 Å². The van der Waals surface area contributed by atoms with Crippen LogP contribution in [-0.2, 0) is 27.3 Å². The number of ether oxygens (including phenoxy) is 2. The van der Waals surface area contributed by atoms with Crippen molar-refractivity contribution in [2.24, 2.45) is 10.7 Å². The third kappa shape index (κ3) is 15.4. The van der Waals surface area contributed by atoms with E-state index in [-0.39, 0.29) is 17.9 Å². The lowest BCUT2D eigenvalue weighted by molar-refractivity contribution is -0.192. The molecule has 0 saturated carbocycles. The molecule has 284 valence electrons. The molecule has 1 atom stereocenters. The number of aliphatic carboxylic acids is 1. The van der Waals surface area contributed by atoms with Crippen molar-refractivity contribution in [1.82, 2.24) is 15.5 Å². The summed E-state index contributed by atoms with van der Waals surface area (Å²) in [6, 6.07) is 26.0. The fourth-order valence-corrected chi connectivity index (χ4v) is 5.57. The predicted molar refractivity (Wildman–Crippen MR) is 197 cm³/mol. The van der Waals surface area contributed by atoms with Gasteiger partial charge in [0.2, 0.25) is 5.91 Å². The van der Waals surface area contributed by atoms with Gasteiger partial charge < -0.3 is 30.5 Å². The summed E-state index contributed by atoms with van der Waals surface area (Å²) in [5.74, 6) is -1.90. The summed E-state index contributed by atoms with van der Waals surface area (Å²) in [7, 11) is 1.70. The third-order valence-corrected chi connectivity index (χ3v) is 8.40. The summed E-state index contributed by atoms with van der Waals surface area (Å²) in [4.78, 5) is 28.1. The van der Waals surface area contributed by atoms with Gasteiger partial charge in [0.25, 0.3) is 0 Å². The molecule has 0 spiro atoms. The highest BCUT2D eigenvalue weighted by Crippen LogP contribution is 2.32. The van der Waals surface area contributed by atoms with Gasteiger partial charge in [-0.2, -0.15) is 13.2 Å². The summed E-state index contributed by atoms with van der Waals surface area (Å²) in [6.07, 6.45) is 1.17. The number of guanidine groups is 1. The molecule has 52 heavy (non-hydrogen) atoms. The van der Waals surface area contributed by atoms with Crippen LogP contribution in [-0.4, -0.2) is 80.5 Å². The lowest BCUT2D eigenvalue weighted by Crippen LogP contribution is -2.37. The van der Waals surface area contributed by atoms with E-state index in [9.17, 15) is 18.0 Å². The Bertz CT molecular complexity index is 1530. The van der Waals surface area contributed by atoms with Crippen LogP contribution >= 0.6 is 0 Å². The minimum Gasteiger partial charge on any atom is -0.493 e. The number of hydrogen-bond donors (Lipinski definition) is 4. The fourth-order valence-electron chi connectivity index (χ4n) is 5.57. The first-order valence-electron chi connectivity index (χ1n) is 17.7. The maximum absolute atomic E-state index is 12.4.